The molecule has 5 nitrogen and oxygen atoms in total. The second-order valence-corrected chi connectivity index (χ2v) is 7.21. The van der Waals surface area contributed by atoms with Gasteiger partial charge in [-0.25, -0.2) is 0 Å². The molecule has 0 bridgehead atoms. The van der Waals surface area contributed by atoms with Gasteiger partial charge in [-0.2, -0.15) is 0 Å². The largest absolute Gasteiger partial charge is 0.399 e. The third-order valence-corrected chi connectivity index (χ3v) is 5.39. The summed E-state index contributed by atoms with van der Waals surface area (Å²) < 4.78 is 0. The van der Waals surface area contributed by atoms with E-state index in [1.807, 2.05) is 23.1 Å². The van der Waals surface area contributed by atoms with Gasteiger partial charge in [0.25, 0.3) is 0 Å². The summed E-state index contributed by atoms with van der Waals surface area (Å²) in [5.74, 6) is 0.188. The third-order valence-electron chi connectivity index (χ3n) is 5.39. The Labute approximate surface area is 155 Å². The van der Waals surface area contributed by atoms with Gasteiger partial charge in [-0.3, -0.25) is 14.6 Å². The molecule has 0 radical (unpaired) electrons. The summed E-state index contributed by atoms with van der Waals surface area (Å²) in [4.78, 5) is 19.2. The van der Waals surface area contributed by atoms with Crippen LogP contribution in [0.1, 0.15) is 11.1 Å². The fourth-order valence-electron chi connectivity index (χ4n) is 3.90. The summed E-state index contributed by atoms with van der Waals surface area (Å²) in [6.45, 7) is 6.98. The highest BCUT2D eigenvalue weighted by Crippen LogP contribution is 2.30. The van der Waals surface area contributed by atoms with Gasteiger partial charge >= 0.3 is 0 Å². The lowest BCUT2D eigenvalue weighted by Crippen LogP contribution is -2.48. The second-order valence-electron chi connectivity index (χ2n) is 7.21. The van der Waals surface area contributed by atoms with E-state index in [0.29, 0.717) is 6.42 Å². The number of fused-ring (bicyclic) bond motifs is 1. The maximum atomic E-state index is 12.3. The minimum atomic E-state index is 0.188. The lowest BCUT2D eigenvalue weighted by molar-refractivity contribution is -0.117. The molecule has 0 aliphatic carbocycles. The predicted octanol–water partition coefficient (Wildman–Crippen LogP) is 1.98. The van der Waals surface area contributed by atoms with Crippen LogP contribution in [0.2, 0.25) is 0 Å². The first kappa shape index (κ1) is 17.1. The number of anilines is 2. The van der Waals surface area contributed by atoms with E-state index in [2.05, 4.69) is 40.1 Å². The van der Waals surface area contributed by atoms with Crippen LogP contribution in [0, 0.1) is 0 Å². The number of rotatable bonds is 5. The van der Waals surface area contributed by atoms with Crippen LogP contribution in [0.25, 0.3) is 0 Å². The number of nitrogens with two attached hydrogens (primary N) is 1. The molecule has 2 heterocycles. The average Bonchev–Trinajstić information content (AvgIpc) is 2.96. The van der Waals surface area contributed by atoms with E-state index in [4.69, 9.17) is 5.73 Å². The van der Waals surface area contributed by atoms with Crippen LogP contribution in [0.15, 0.2) is 48.5 Å². The van der Waals surface area contributed by atoms with Crippen molar-refractivity contribution in [3.8, 4) is 0 Å². The van der Waals surface area contributed by atoms with E-state index in [0.717, 1.165) is 62.8 Å². The number of benzene rings is 2. The number of amides is 1. The maximum absolute atomic E-state index is 12.3. The lowest BCUT2D eigenvalue weighted by atomic mass is 10.1. The number of carbonyl (C=O) groups is 1. The zero-order chi connectivity index (χ0) is 17.9. The highest BCUT2D eigenvalue weighted by molar-refractivity contribution is 6.01. The molecule has 1 amide bonds. The highest BCUT2D eigenvalue weighted by atomic mass is 16.2. The van der Waals surface area contributed by atoms with Gasteiger partial charge in [0, 0.05) is 57.2 Å². The summed E-state index contributed by atoms with van der Waals surface area (Å²) in [6, 6.07) is 16.4. The van der Waals surface area contributed by atoms with Gasteiger partial charge in [-0.1, -0.05) is 30.3 Å². The Morgan fingerprint density at radius 1 is 0.885 bits per heavy atom. The molecule has 0 atom stereocenters. The van der Waals surface area contributed by atoms with Gasteiger partial charge in [0.1, 0.15) is 0 Å². The van der Waals surface area contributed by atoms with E-state index in [1.54, 1.807) is 0 Å². The SMILES string of the molecule is Nc1ccc2c(c1)CC(=O)N2CCN1CCN(Cc2ccccc2)CC1. The van der Waals surface area contributed by atoms with Crippen LogP contribution >= 0.6 is 0 Å². The van der Waals surface area contributed by atoms with Gasteiger partial charge in [0.05, 0.1) is 6.42 Å². The smallest absolute Gasteiger partial charge is 0.231 e. The predicted molar refractivity (Wildman–Crippen MR) is 105 cm³/mol. The lowest BCUT2D eigenvalue weighted by Gasteiger charge is -2.35. The molecular formula is C21H26N4O. The van der Waals surface area contributed by atoms with Crippen LogP contribution in [0.3, 0.4) is 0 Å². The molecule has 0 saturated carbocycles. The number of nitrogen functional groups attached to an aromatic ring is 1. The Morgan fingerprint density at radius 2 is 1.62 bits per heavy atom. The van der Waals surface area contributed by atoms with E-state index in [1.165, 1.54) is 5.56 Å². The molecule has 2 N–H and O–H groups in total. The van der Waals surface area contributed by atoms with Crippen molar-refractivity contribution < 1.29 is 4.79 Å². The minimum absolute atomic E-state index is 0.188. The molecular weight excluding hydrogens is 324 g/mol. The zero-order valence-corrected chi connectivity index (χ0v) is 15.1. The van der Waals surface area contributed by atoms with Crippen LogP contribution in [0.5, 0.6) is 0 Å². The molecule has 2 aromatic rings. The van der Waals surface area contributed by atoms with Crippen molar-refractivity contribution in [1.82, 2.24) is 9.80 Å². The molecule has 5 heteroatoms. The Kier molecular flexibility index (Phi) is 4.91. The van der Waals surface area contributed by atoms with E-state index in [9.17, 15) is 4.79 Å². The third kappa shape index (κ3) is 3.74. The summed E-state index contributed by atoms with van der Waals surface area (Å²) in [5.41, 5.74) is 10.0. The molecule has 0 spiro atoms. The Morgan fingerprint density at radius 3 is 2.38 bits per heavy atom. The average molecular weight is 350 g/mol. The molecule has 2 aromatic carbocycles. The van der Waals surface area contributed by atoms with Crippen molar-refractivity contribution in [3.63, 3.8) is 0 Å². The number of carbonyl (C=O) groups excluding carboxylic acids is 1. The second kappa shape index (κ2) is 7.48. The quantitative estimate of drug-likeness (QED) is 0.838. The van der Waals surface area contributed by atoms with Crippen molar-refractivity contribution in [2.45, 2.75) is 13.0 Å². The minimum Gasteiger partial charge on any atom is -0.399 e. The normalized spacial score (nSPS) is 18.3. The first-order valence-corrected chi connectivity index (χ1v) is 9.36. The highest BCUT2D eigenvalue weighted by Gasteiger charge is 2.27. The summed E-state index contributed by atoms with van der Waals surface area (Å²) in [6.07, 6.45) is 0.477. The van der Waals surface area contributed by atoms with Crippen molar-refractivity contribution in [1.29, 1.82) is 0 Å². The van der Waals surface area contributed by atoms with Crippen molar-refractivity contribution in [2.24, 2.45) is 0 Å². The van der Waals surface area contributed by atoms with Gasteiger partial charge in [-0.05, 0) is 29.3 Å². The van der Waals surface area contributed by atoms with Crippen LogP contribution in [-0.4, -0.2) is 55.0 Å². The molecule has 0 unspecified atom stereocenters. The van der Waals surface area contributed by atoms with E-state index < -0.39 is 0 Å². The Hall–Kier alpha value is -2.37. The van der Waals surface area contributed by atoms with Crippen LogP contribution in [-0.2, 0) is 17.8 Å². The first-order chi connectivity index (χ1) is 12.7. The molecule has 136 valence electrons. The molecule has 2 aliphatic rings. The monoisotopic (exact) mass is 350 g/mol. The van der Waals surface area contributed by atoms with Gasteiger partial charge in [0.15, 0.2) is 0 Å². The summed E-state index contributed by atoms with van der Waals surface area (Å²) in [5, 5.41) is 0. The molecule has 26 heavy (non-hydrogen) atoms. The summed E-state index contributed by atoms with van der Waals surface area (Å²) in [7, 11) is 0. The van der Waals surface area contributed by atoms with E-state index >= 15 is 0 Å². The topological polar surface area (TPSA) is 52.8 Å². The standard InChI is InChI=1S/C21H26N4O/c22-19-6-7-20-18(14-19)15-21(26)25(20)13-12-23-8-10-24(11-9-23)16-17-4-2-1-3-5-17/h1-7,14H,8-13,15-16,22H2. The van der Waals surface area contributed by atoms with Gasteiger partial charge in [0.2, 0.25) is 5.91 Å². The van der Waals surface area contributed by atoms with Crippen molar-refractivity contribution >= 4 is 17.3 Å². The Balaban J connectivity index is 1.27. The number of piperazine rings is 1. The number of hydrogen-bond acceptors (Lipinski definition) is 4. The molecule has 2 aliphatic heterocycles. The fourth-order valence-corrected chi connectivity index (χ4v) is 3.90. The molecule has 0 aromatic heterocycles. The summed E-state index contributed by atoms with van der Waals surface area (Å²) >= 11 is 0. The number of hydrogen-bond donors (Lipinski definition) is 1. The molecule has 1 saturated heterocycles. The maximum Gasteiger partial charge on any atom is 0.231 e. The Bertz CT molecular complexity index is 769. The van der Waals surface area contributed by atoms with Crippen LogP contribution < -0.4 is 10.6 Å². The van der Waals surface area contributed by atoms with Gasteiger partial charge < -0.3 is 10.6 Å². The molecule has 1 fully saturated rings. The first-order valence-electron chi connectivity index (χ1n) is 9.36. The fraction of sp³-hybridized carbons (Fsp3) is 0.381. The van der Waals surface area contributed by atoms with Crippen molar-refractivity contribution in [2.75, 3.05) is 49.9 Å². The van der Waals surface area contributed by atoms with E-state index in [-0.39, 0.29) is 5.91 Å². The van der Waals surface area contributed by atoms with Crippen LogP contribution in [0.4, 0.5) is 11.4 Å². The molecule has 4 rings (SSSR count). The number of nitrogens with zero attached hydrogens (tertiary/aromatic N) is 3. The van der Waals surface area contributed by atoms with Crippen molar-refractivity contribution in [3.05, 3.63) is 59.7 Å². The van der Waals surface area contributed by atoms with Gasteiger partial charge in [-0.15, -0.1) is 0 Å². The zero-order valence-electron chi connectivity index (χ0n) is 15.1.